The highest BCUT2D eigenvalue weighted by molar-refractivity contribution is 5.94. The van der Waals surface area contributed by atoms with Crippen molar-refractivity contribution in [3.8, 4) is 11.5 Å². The number of ether oxygens (including phenoxy) is 1. The van der Waals surface area contributed by atoms with Crippen molar-refractivity contribution in [3.05, 3.63) is 95.1 Å². The van der Waals surface area contributed by atoms with E-state index in [4.69, 9.17) is 9.72 Å². The van der Waals surface area contributed by atoms with Crippen molar-refractivity contribution in [1.82, 2.24) is 19.9 Å². The Morgan fingerprint density at radius 1 is 0.697 bits per heavy atom. The van der Waals surface area contributed by atoms with Crippen LogP contribution < -0.4 is 4.74 Å². The summed E-state index contributed by atoms with van der Waals surface area (Å²) in [5.74, 6) is 0.527. The van der Waals surface area contributed by atoms with Gasteiger partial charge in [-0.25, -0.2) is 9.97 Å². The molecule has 0 amide bonds. The third kappa shape index (κ3) is 3.68. The molecule has 5 heterocycles. The van der Waals surface area contributed by atoms with Crippen LogP contribution in [-0.4, -0.2) is 32.2 Å². The molecular weight excluding hydrogens is 412 g/mol. The van der Waals surface area contributed by atoms with Crippen molar-refractivity contribution in [3.63, 3.8) is 0 Å². The minimum Gasteiger partial charge on any atom is -0.504 e. The topological polar surface area (TPSA) is 86.8 Å². The zero-order valence-corrected chi connectivity index (χ0v) is 17.8. The van der Waals surface area contributed by atoms with Crippen molar-refractivity contribution in [1.29, 1.82) is 0 Å². The molecule has 0 aliphatic carbocycles. The molecule has 33 heavy (non-hydrogen) atoms. The maximum atomic E-state index is 10.0. The number of hydrogen-bond donors (Lipinski definition) is 3. The second-order valence-corrected chi connectivity index (χ2v) is 7.98. The van der Waals surface area contributed by atoms with E-state index in [2.05, 4.69) is 15.0 Å². The number of aromatic hydroxyl groups is 1. The first-order valence-electron chi connectivity index (χ1n) is 10.6. The van der Waals surface area contributed by atoms with Crippen LogP contribution in [0.1, 0.15) is 28.3 Å². The number of benzene rings is 1. The predicted octanol–water partition coefficient (Wildman–Crippen LogP) is 5.79. The lowest BCUT2D eigenvalue weighted by Gasteiger charge is -2.07. The maximum Gasteiger partial charge on any atom is 0.161 e. The van der Waals surface area contributed by atoms with Gasteiger partial charge in [-0.3, -0.25) is 0 Å². The number of aromatic amines is 2. The van der Waals surface area contributed by atoms with Gasteiger partial charge < -0.3 is 19.8 Å². The van der Waals surface area contributed by atoms with Gasteiger partial charge in [-0.05, 0) is 84.5 Å². The van der Waals surface area contributed by atoms with Crippen LogP contribution in [0.15, 0.2) is 66.7 Å². The number of rotatable bonds is 2. The molecule has 160 valence electrons. The first-order chi connectivity index (χ1) is 16.1. The first-order valence-corrected chi connectivity index (χ1v) is 10.6. The van der Waals surface area contributed by atoms with Gasteiger partial charge >= 0.3 is 0 Å². The molecule has 1 aromatic carbocycles. The minimum atomic E-state index is 0.104. The molecular formula is C27H20N4O2. The number of hydrogen-bond acceptors (Lipinski definition) is 4. The van der Waals surface area contributed by atoms with E-state index in [-0.39, 0.29) is 5.75 Å². The lowest BCUT2D eigenvalue weighted by Crippen LogP contribution is -1.89. The lowest BCUT2D eigenvalue weighted by atomic mass is 10.0. The van der Waals surface area contributed by atoms with Crippen LogP contribution in [0.2, 0.25) is 0 Å². The third-order valence-corrected chi connectivity index (χ3v) is 5.66. The van der Waals surface area contributed by atoms with Crippen LogP contribution in [0.25, 0.3) is 45.9 Å². The quantitative estimate of drug-likeness (QED) is 0.323. The van der Waals surface area contributed by atoms with E-state index < -0.39 is 0 Å². The van der Waals surface area contributed by atoms with Crippen molar-refractivity contribution >= 4 is 45.9 Å². The summed E-state index contributed by atoms with van der Waals surface area (Å²) in [4.78, 5) is 16.4. The van der Waals surface area contributed by atoms with E-state index in [0.29, 0.717) is 5.75 Å². The molecule has 0 fully saturated rings. The van der Waals surface area contributed by atoms with Crippen LogP contribution >= 0.6 is 0 Å². The molecule has 0 saturated heterocycles. The van der Waals surface area contributed by atoms with Gasteiger partial charge in [-0.2, -0.15) is 0 Å². The van der Waals surface area contributed by atoms with Gasteiger partial charge in [0.2, 0.25) is 0 Å². The molecule has 0 saturated carbocycles. The van der Waals surface area contributed by atoms with Gasteiger partial charge in [-0.1, -0.05) is 6.07 Å². The zero-order valence-electron chi connectivity index (χ0n) is 17.8. The number of nitrogens with one attached hydrogen (secondary N) is 2. The third-order valence-electron chi connectivity index (χ3n) is 5.66. The van der Waals surface area contributed by atoms with Crippen LogP contribution in [0, 0.1) is 0 Å². The lowest BCUT2D eigenvalue weighted by molar-refractivity contribution is 0.373. The van der Waals surface area contributed by atoms with Crippen LogP contribution in [0.4, 0.5) is 0 Å². The Morgan fingerprint density at radius 2 is 1.30 bits per heavy atom. The van der Waals surface area contributed by atoms with Crippen LogP contribution in [0.5, 0.6) is 11.5 Å². The Hall–Kier alpha value is -4.58. The second kappa shape index (κ2) is 7.53. The highest BCUT2D eigenvalue weighted by Crippen LogP contribution is 2.34. The molecule has 0 spiro atoms. The van der Waals surface area contributed by atoms with Crippen molar-refractivity contribution in [2.45, 2.75) is 0 Å². The fraction of sp³-hybridized carbons (Fsp3) is 0.0370. The molecule has 0 radical (unpaired) electrons. The predicted molar refractivity (Wildman–Crippen MR) is 132 cm³/mol. The second-order valence-electron chi connectivity index (χ2n) is 7.98. The Labute approximate surface area is 189 Å². The summed E-state index contributed by atoms with van der Waals surface area (Å²) in [5.41, 5.74) is 9.13. The summed E-state index contributed by atoms with van der Waals surface area (Å²) in [6.07, 6.45) is 6.05. The van der Waals surface area contributed by atoms with Crippen molar-refractivity contribution in [2.75, 3.05) is 7.11 Å². The molecule has 8 bridgehead atoms. The highest BCUT2D eigenvalue weighted by atomic mass is 16.5. The summed E-state index contributed by atoms with van der Waals surface area (Å²) in [7, 11) is 1.54. The molecule has 2 aliphatic heterocycles. The van der Waals surface area contributed by atoms with Gasteiger partial charge in [0.15, 0.2) is 11.5 Å². The number of H-pyrrole nitrogens is 2. The summed E-state index contributed by atoms with van der Waals surface area (Å²) >= 11 is 0. The van der Waals surface area contributed by atoms with Crippen molar-refractivity contribution in [2.24, 2.45) is 0 Å². The average Bonchev–Trinajstić information content (AvgIpc) is 3.59. The number of nitrogens with zero attached hydrogens (tertiary/aromatic N) is 2. The van der Waals surface area contributed by atoms with Crippen molar-refractivity contribution < 1.29 is 9.84 Å². The van der Waals surface area contributed by atoms with Gasteiger partial charge in [-0.15, -0.1) is 0 Å². The Kier molecular flexibility index (Phi) is 4.36. The SMILES string of the molecule is COc1cc(C2=Cc3cc4ccc(cc5nc(cc6ccc(cc2n3)[nH]6)C=C5)[nH]4)ccc1O. The molecule has 6 heteroatoms. The van der Waals surface area contributed by atoms with Crippen LogP contribution in [-0.2, 0) is 0 Å². The fourth-order valence-corrected chi connectivity index (χ4v) is 4.09. The standard InChI is InChI=1S/C27H20N4O2/c1-33-27-10-16(2-9-26(27)32)24-14-23-13-21-6-5-19(29-21)11-17-3-4-18(28-17)12-20-7-8-22(30-20)15-25(24)31-23/h2-15,29-30,32H,1H3. The molecule has 4 aromatic rings. The van der Waals surface area contributed by atoms with Gasteiger partial charge in [0.05, 0.1) is 29.9 Å². The zero-order chi connectivity index (χ0) is 22.4. The molecule has 2 aliphatic rings. The molecule has 6 rings (SSSR count). The van der Waals surface area contributed by atoms with E-state index in [1.165, 1.54) is 0 Å². The molecule has 3 N–H and O–H groups in total. The van der Waals surface area contributed by atoms with Gasteiger partial charge in [0.25, 0.3) is 0 Å². The van der Waals surface area contributed by atoms with E-state index in [1.54, 1.807) is 13.2 Å². The Morgan fingerprint density at radius 3 is 1.94 bits per heavy atom. The monoisotopic (exact) mass is 432 g/mol. The number of methoxy groups -OCH3 is 1. The summed E-state index contributed by atoms with van der Waals surface area (Å²) in [5, 5.41) is 10.0. The van der Waals surface area contributed by atoms with E-state index in [9.17, 15) is 5.11 Å². The Balaban J connectivity index is 1.62. The Bertz CT molecular complexity index is 1620. The molecule has 0 unspecified atom stereocenters. The first kappa shape index (κ1) is 19.1. The molecule has 3 aromatic heterocycles. The molecule has 6 nitrogen and oxygen atoms in total. The number of aromatic nitrogens is 4. The highest BCUT2D eigenvalue weighted by Gasteiger charge is 2.15. The smallest absolute Gasteiger partial charge is 0.161 e. The van der Waals surface area contributed by atoms with Crippen LogP contribution in [0.3, 0.4) is 0 Å². The van der Waals surface area contributed by atoms with E-state index in [1.807, 2.05) is 78.9 Å². The summed E-state index contributed by atoms with van der Waals surface area (Å²) in [6, 6.07) is 21.5. The van der Waals surface area contributed by atoms with Gasteiger partial charge in [0, 0.05) is 27.6 Å². The van der Waals surface area contributed by atoms with E-state index >= 15 is 0 Å². The van der Waals surface area contributed by atoms with Gasteiger partial charge in [0.1, 0.15) is 0 Å². The number of phenolic OH excluding ortho intramolecular Hbond substituents is 1. The largest absolute Gasteiger partial charge is 0.504 e. The normalized spacial score (nSPS) is 12.6. The number of fused-ring (bicyclic) bond motifs is 8. The average molecular weight is 432 g/mol. The fourth-order valence-electron chi connectivity index (χ4n) is 4.09. The minimum absolute atomic E-state index is 0.104. The van der Waals surface area contributed by atoms with E-state index in [0.717, 1.165) is 56.0 Å². The molecule has 0 atom stereocenters. The summed E-state index contributed by atoms with van der Waals surface area (Å²) < 4.78 is 5.32. The summed E-state index contributed by atoms with van der Waals surface area (Å²) in [6.45, 7) is 0. The maximum absolute atomic E-state index is 10.0. The number of phenols is 1.